The van der Waals surface area contributed by atoms with Gasteiger partial charge in [0.1, 0.15) is 0 Å². The van der Waals surface area contributed by atoms with Gasteiger partial charge in [0.25, 0.3) is 0 Å². The van der Waals surface area contributed by atoms with E-state index in [4.69, 9.17) is 0 Å². The van der Waals surface area contributed by atoms with Gasteiger partial charge in [0.15, 0.2) is 0 Å². The first-order valence-electron chi connectivity index (χ1n) is 6.05. The predicted octanol–water partition coefficient (Wildman–Crippen LogP) is 1.64. The Morgan fingerprint density at radius 3 is 3.12 bits per heavy atom. The van der Waals surface area contributed by atoms with E-state index < -0.39 is 0 Å². The Balaban J connectivity index is 1.90. The molecule has 0 bridgehead atoms. The van der Waals surface area contributed by atoms with E-state index in [-0.39, 0.29) is 0 Å². The van der Waals surface area contributed by atoms with E-state index in [0.29, 0.717) is 18.6 Å². The first-order chi connectivity index (χ1) is 7.81. The Bertz CT molecular complexity index is 340. The number of aryl methyl sites for hydroxylation is 1. The van der Waals surface area contributed by atoms with Crippen molar-refractivity contribution in [1.29, 1.82) is 0 Å². The fourth-order valence-corrected chi connectivity index (χ4v) is 2.45. The molecule has 0 radical (unpaired) electrons. The summed E-state index contributed by atoms with van der Waals surface area (Å²) in [7, 11) is 0. The topological polar surface area (TPSA) is 45.2 Å². The molecule has 2 rings (SSSR count). The van der Waals surface area contributed by atoms with Gasteiger partial charge in [-0.15, -0.1) is 0 Å². The standard InChI is InChI=1S/C13H20N2O/c1-10-5-6-14-7-12(10)8-15-13-4-2-3-11(13)9-16/h5-7,11,13,15-16H,2-4,8-9H2,1H3. The third-order valence-corrected chi connectivity index (χ3v) is 3.60. The van der Waals surface area contributed by atoms with Crippen molar-refractivity contribution in [3.05, 3.63) is 29.6 Å². The van der Waals surface area contributed by atoms with Gasteiger partial charge in [0.05, 0.1) is 0 Å². The number of aliphatic hydroxyl groups excluding tert-OH is 1. The first kappa shape index (κ1) is 11.6. The second kappa shape index (κ2) is 5.41. The molecule has 88 valence electrons. The van der Waals surface area contributed by atoms with Crippen LogP contribution in [0.4, 0.5) is 0 Å². The second-order valence-electron chi connectivity index (χ2n) is 4.66. The maximum absolute atomic E-state index is 9.24. The van der Waals surface area contributed by atoms with Gasteiger partial charge in [-0.25, -0.2) is 0 Å². The van der Waals surface area contributed by atoms with E-state index in [1.54, 1.807) is 0 Å². The Labute approximate surface area is 96.9 Å². The van der Waals surface area contributed by atoms with Gasteiger partial charge < -0.3 is 10.4 Å². The van der Waals surface area contributed by atoms with Crippen LogP contribution in [-0.4, -0.2) is 22.7 Å². The largest absolute Gasteiger partial charge is 0.396 e. The van der Waals surface area contributed by atoms with Crippen molar-refractivity contribution in [1.82, 2.24) is 10.3 Å². The van der Waals surface area contributed by atoms with Crippen molar-refractivity contribution in [2.24, 2.45) is 5.92 Å². The first-order valence-corrected chi connectivity index (χ1v) is 6.05. The van der Waals surface area contributed by atoms with Gasteiger partial charge in [0.2, 0.25) is 0 Å². The molecule has 3 heteroatoms. The minimum atomic E-state index is 0.309. The monoisotopic (exact) mass is 220 g/mol. The normalized spacial score (nSPS) is 24.9. The van der Waals surface area contributed by atoms with Crippen LogP contribution >= 0.6 is 0 Å². The fourth-order valence-electron chi connectivity index (χ4n) is 2.45. The molecule has 1 saturated carbocycles. The van der Waals surface area contributed by atoms with E-state index in [1.807, 2.05) is 18.5 Å². The molecule has 3 nitrogen and oxygen atoms in total. The molecule has 1 aliphatic rings. The molecular formula is C13H20N2O. The van der Waals surface area contributed by atoms with Crippen LogP contribution in [-0.2, 0) is 6.54 Å². The van der Waals surface area contributed by atoms with Crippen LogP contribution in [0, 0.1) is 12.8 Å². The van der Waals surface area contributed by atoms with Crippen molar-refractivity contribution in [3.8, 4) is 0 Å². The average molecular weight is 220 g/mol. The van der Waals surface area contributed by atoms with E-state index in [9.17, 15) is 5.11 Å². The van der Waals surface area contributed by atoms with Crippen molar-refractivity contribution < 1.29 is 5.11 Å². The lowest BCUT2D eigenvalue weighted by molar-refractivity contribution is 0.205. The van der Waals surface area contributed by atoms with Gasteiger partial charge in [-0.2, -0.15) is 0 Å². The minimum Gasteiger partial charge on any atom is -0.396 e. The van der Waals surface area contributed by atoms with Crippen LogP contribution in [0.2, 0.25) is 0 Å². The van der Waals surface area contributed by atoms with Crippen molar-refractivity contribution >= 4 is 0 Å². The smallest absolute Gasteiger partial charge is 0.0474 e. The molecule has 0 spiro atoms. The van der Waals surface area contributed by atoms with Crippen LogP contribution in [0.25, 0.3) is 0 Å². The molecule has 1 fully saturated rings. The lowest BCUT2D eigenvalue weighted by Crippen LogP contribution is -2.33. The lowest BCUT2D eigenvalue weighted by Gasteiger charge is -2.19. The van der Waals surface area contributed by atoms with Crippen molar-refractivity contribution in [2.75, 3.05) is 6.61 Å². The summed E-state index contributed by atoms with van der Waals surface area (Å²) in [4.78, 5) is 4.14. The van der Waals surface area contributed by atoms with E-state index in [1.165, 1.54) is 24.0 Å². The minimum absolute atomic E-state index is 0.309. The van der Waals surface area contributed by atoms with Gasteiger partial charge in [-0.1, -0.05) is 6.42 Å². The number of hydrogen-bond acceptors (Lipinski definition) is 3. The van der Waals surface area contributed by atoms with Crippen LogP contribution in [0.1, 0.15) is 30.4 Å². The van der Waals surface area contributed by atoms with Crippen LogP contribution in [0.15, 0.2) is 18.5 Å². The number of hydrogen-bond donors (Lipinski definition) is 2. The Hall–Kier alpha value is -0.930. The quantitative estimate of drug-likeness (QED) is 0.811. The summed E-state index contributed by atoms with van der Waals surface area (Å²) in [5, 5.41) is 12.8. The number of pyridine rings is 1. The molecule has 2 N–H and O–H groups in total. The third-order valence-electron chi connectivity index (χ3n) is 3.60. The number of aliphatic hydroxyl groups is 1. The average Bonchev–Trinajstić information content (AvgIpc) is 2.75. The second-order valence-corrected chi connectivity index (χ2v) is 4.66. The molecular weight excluding hydrogens is 200 g/mol. The predicted molar refractivity (Wildman–Crippen MR) is 64.0 cm³/mol. The molecule has 0 aromatic carbocycles. The molecule has 0 amide bonds. The molecule has 1 aromatic rings. The zero-order valence-corrected chi connectivity index (χ0v) is 9.82. The molecule has 1 aromatic heterocycles. The highest BCUT2D eigenvalue weighted by Crippen LogP contribution is 2.25. The van der Waals surface area contributed by atoms with Crippen molar-refractivity contribution in [3.63, 3.8) is 0 Å². The third kappa shape index (κ3) is 2.60. The molecule has 1 aliphatic carbocycles. The van der Waals surface area contributed by atoms with Gasteiger partial charge in [-0.3, -0.25) is 4.98 Å². The Kier molecular flexibility index (Phi) is 3.91. The number of aromatic nitrogens is 1. The fraction of sp³-hybridized carbons (Fsp3) is 0.615. The van der Waals surface area contributed by atoms with Crippen LogP contribution in [0.5, 0.6) is 0 Å². The summed E-state index contributed by atoms with van der Waals surface area (Å²) >= 11 is 0. The summed E-state index contributed by atoms with van der Waals surface area (Å²) in [6, 6.07) is 2.51. The summed E-state index contributed by atoms with van der Waals surface area (Å²) < 4.78 is 0. The molecule has 2 unspecified atom stereocenters. The molecule has 0 saturated heterocycles. The zero-order chi connectivity index (χ0) is 11.4. The van der Waals surface area contributed by atoms with E-state index in [2.05, 4.69) is 17.2 Å². The Morgan fingerprint density at radius 2 is 2.38 bits per heavy atom. The maximum Gasteiger partial charge on any atom is 0.0474 e. The zero-order valence-electron chi connectivity index (χ0n) is 9.82. The summed E-state index contributed by atoms with van der Waals surface area (Å²) in [5.74, 6) is 0.442. The van der Waals surface area contributed by atoms with Gasteiger partial charge in [-0.05, 0) is 42.9 Å². The highest BCUT2D eigenvalue weighted by Gasteiger charge is 2.25. The summed E-state index contributed by atoms with van der Waals surface area (Å²) in [6.07, 6.45) is 7.32. The van der Waals surface area contributed by atoms with Crippen LogP contribution in [0.3, 0.4) is 0 Å². The van der Waals surface area contributed by atoms with Crippen LogP contribution < -0.4 is 5.32 Å². The highest BCUT2D eigenvalue weighted by molar-refractivity contribution is 5.21. The molecule has 0 aliphatic heterocycles. The number of nitrogens with one attached hydrogen (secondary N) is 1. The number of rotatable bonds is 4. The number of nitrogens with zero attached hydrogens (tertiary/aromatic N) is 1. The van der Waals surface area contributed by atoms with Crippen molar-refractivity contribution in [2.45, 2.75) is 38.8 Å². The van der Waals surface area contributed by atoms with E-state index >= 15 is 0 Å². The van der Waals surface area contributed by atoms with Gasteiger partial charge >= 0.3 is 0 Å². The SMILES string of the molecule is Cc1ccncc1CNC1CCCC1CO. The Morgan fingerprint density at radius 1 is 1.50 bits per heavy atom. The highest BCUT2D eigenvalue weighted by atomic mass is 16.3. The lowest BCUT2D eigenvalue weighted by atomic mass is 10.0. The summed E-state index contributed by atoms with van der Waals surface area (Å²) in [6.45, 7) is 3.28. The molecule has 1 heterocycles. The summed E-state index contributed by atoms with van der Waals surface area (Å²) in [5.41, 5.74) is 2.53. The molecule has 2 atom stereocenters. The maximum atomic E-state index is 9.24. The van der Waals surface area contributed by atoms with E-state index in [0.717, 1.165) is 13.0 Å². The van der Waals surface area contributed by atoms with Gasteiger partial charge in [0, 0.05) is 31.6 Å². The molecule has 16 heavy (non-hydrogen) atoms.